The molecule has 0 heterocycles. The number of hydrogen-bond donors (Lipinski definition) is 0. The monoisotopic (exact) mass is 716 g/mol. The fourth-order valence-electron chi connectivity index (χ4n) is 11.1. The Morgan fingerprint density at radius 1 is 0.744 bits per heavy atom. The zero-order valence-corrected chi connectivity index (χ0v) is 33.1. The summed E-state index contributed by atoms with van der Waals surface area (Å²) < 4.78 is 0. The van der Waals surface area contributed by atoms with Gasteiger partial charge in [0.1, 0.15) is 0 Å². The maximum absolute atomic E-state index is 4.93. The topological polar surface area (TPSA) is 0 Å². The zero-order chi connectivity index (χ0) is 29.0. The standard InChI is InChI=1S/C37H54Si.2CH3.2ClH.Zr/c1-5-14-26(2)35-25-37(34-20-12-11-19-31(34)35)38(3,4)36-24-23-32-30(21-13-22-33(32)36)29-18-10-9-17-28(29)27-15-7-6-8-16-27;;;;;/h6-10,15-18,26,30-37H,5,11-14,19-25H2,1-4H3;2*1H3;2*1H;/q;2*-1;;;+4/p-2. The molecule has 0 amide bonds. The molecule has 0 aromatic heterocycles. The van der Waals surface area contributed by atoms with Crippen LogP contribution in [0, 0.1) is 50.4 Å². The van der Waals surface area contributed by atoms with Crippen LogP contribution in [0.2, 0.25) is 24.2 Å². The Labute approximate surface area is 286 Å². The van der Waals surface area contributed by atoms with Crippen LogP contribution in [-0.4, -0.2) is 8.07 Å². The first-order chi connectivity index (χ1) is 19.9. The molecule has 0 aliphatic heterocycles. The van der Waals surface area contributed by atoms with Gasteiger partial charge in [-0.1, -0.05) is 133 Å². The van der Waals surface area contributed by atoms with E-state index in [2.05, 4.69) is 81.5 Å². The van der Waals surface area contributed by atoms with Crippen LogP contribution in [0.3, 0.4) is 0 Å². The summed E-state index contributed by atoms with van der Waals surface area (Å²) >= 11 is -0.826. The van der Waals surface area contributed by atoms with Crippen molar-refractivity contribution in [2.45, 2.75) is 121 Å². The minimum absolute atomic E-state index is 0. The second-order valence-electron chi connectivity index (χ2n) is 14.8. The molecule has 2 aromatic carbocycles. The van der Waals surface area contributed by atoms with Crippen molar-refractivity contribution in [2.75, 3.05) is 0 Å². The average molecular weight is 719 g/mol. The van der Waals surface area contributed by atoms with E-state index in [9.17, 15) is 0 Å². The first-order valence-corrected chi connectivity index (χ1v) is 26.5. The molecule has 0 bridgehead atoms. The van der Waals surface area contributed by atoms with E-state index in [1.165, 1.54) is 62.5 Å². The van der Waals surface area contributed by atoms with E-state index < -0.39 is 28.9 Å². The Balaban J connectivity index is 0.000000973. The summed E-state index contributed by atoms with van der Waals surface area (Å²) in [6.07, 6.45) is 18.0. The van der Waals surface area contributed by atoms with Crippen molar-refractivity contribution >= 4 is 25.1 Å². The van der Waals surface area contributed by atoms with Crippen LogP contribution in [0.5, 0.6) is 0 Å². The van der Waals surface area contributed by atoms with E-state index in [-0.39, 0.29) is 14.9 Å². The minimum atomic E-state index is -1.37. The van der Waals surface area contributed by atoms with Crippen LogP contribution in [0.4, 0.5) is 0 Å². The average Bonchev–Trinajstić information content (AvgIpc) is 3.62. The summed E-state index contributed by atoms with van der Waals surface area (Å²) in [7, 11) is 8.50. The van der Waals surface area contributed by atoms with Crippen molar-refractivity contribution in [3.63, 3.8) is 0 Å². The second kappa shape index (κ2) is 17.3. The summed E-state index contributed by atoms with van der Waals surface area (Å²) in [5, 5.41) is 0. The predicted molar refractivity (Wildman–Crippen MR) is 192 cm³/mol. The fourth-order valence-corrected chi connectivity index (χ4v) is 16.5. The molecule has 6 rings (SSSR count). The molecule has 0 radical (unpaired) electrons. The molecular formula is C39H60Cl2SiZr. The molecule has 4 heteroatoms. The third kappa shape index (κ3) is 7.99. The number of fused-ring (bicyclic) bond motifs is 2. The van der Waals surface area contributed by atoms with Crippen molar-refractivity contribution in [3.8, 4) is 11.1 Å². The van der Waals surface area contributed by atoms with Gasteiger partial charge in [0.05, 0.1) is 8.07 Å². The van der Waals surface area contributed by atoms with Crippen molar-refractivity contribution in [3.05, 3.63) is 75.0 Å². The molecule has 43 heavy (non-hydrogen) atoms. The van der Waals surface area contributed by atoms with E-state index in [4.69, 9.17) is 17.0 Å². The zero-order valence-electron chi connectivity index (χ0n) is 28.1. The molecule has 0 N–H and O–H groups in total. The van der Waals surface area contributed by atoms with Crippen molar-refractivity contribution < 1.29 is 20.8 Å². The molecule has 0 saturated heterocycles. The molecule has 4 saturated carbocycles. The van der Waals surface area contributed by atoms with Gasteiger partial charge >= 0.3 is 37.9 Å². The molecule has 2 aromatic rings. The van der Waals surface area contributed by atoms with Crippen LogP contribution in [0.15, 0.2) is 54.6 Å². The van der Waals surface area contributed by atoms with Gasteiger partial charge in [-0.2, -0.15) is 0 Å². The van der Waals surface area contributed by atoms with Gasteiger partial charge in [-0.15, -0.1) is 0 Å². The quantitative estimate of drug-likeness (QED) is 0.197. The normalized spacial score (nSPS) is 32.0. The van der Waals surface area contributed by atoms with E-state index in [0.717, 1.165) is 52.5 Å². The van der Waals surface area contributed by atoms with E-state index in [0.29, 0.717) is 0 Å². The summed E-state index contributed by atoms with van der Waals surface area (Å²) in [5.74, 6) is 6.81. The molecule has 4 aliphatic rings. The number of rotatable bonds is 7. The van der Waals surface area contributed by atoms with Gasteiger partial charge in [-0.3, -0.25) is 0 Å². The van der Waals surface area contributed by atoms with Crippen molar-refractivity contribution in [1.29, 1.82) is 0 Å². The summed E-state index contributed by atoms with van der Waals surface area (Å²) in [6.45, 7) is 10.8. The maximum atomic E-state index is 4.93. The second-order valence-corrected chi connectivity index (χ2v) is 23.6. The molecule has 4 aliphatic carbocycles. The molecule has 4 fully saturated rings. The van der Waals surface area contributed by atoms with Crippen molar-refractivity contribution in [2.24, 2.45) is 35.5 Å². The number of benzene rings is 2. The van der Waals surface area contributed by atoms with Crippen LogP contribution in [0.25, 0.3) is 11.1 Å². The third-order valence-electron chi connectivity index (χ3n) is 12.7. The first-order valence-electron chi connectivity index (χ1n) is 17.0. The third-order valence-corrected chi connectivity index (χ3v) is 17.9. The van der Waals surface area contributed by atoms with Crippen LogP contribution in [-0.2, 0) is 20.8 Å². The van der Waals surface area contributed by atoms with Gasteiger partial charge in [-0.25, -0.2) is 0 Å². The Kier molecular flexibility index (Phi) is 15.1. The molecule has 9 atom stereocenters. The van der Waals surface area contributed by atoms with Crippen LogP contribution >= 0.6 is 17.0 Å². The number of halogens is 2. The Morgan fingerprint density at radius 2 is 1.35 bits per heavy atom. The van der Waals surface area contributed by atoms with Gasteiger partial charge in [0, 0.05) is 0 Å². The summed E-state index contributed by atoms with van der Waals surface area (Å²) in [6, 6.07) is 20.7. The van der Waals surface area contributed by atoms with E-state index in [1.807, 2.05) is 0 Å². The van der Waals surface area contributed by atoms with Crippen molar-refractivity contribution in [1.82, 2.24) is 0 Å². The Morgan fingerprint density at radius 3 is 2.05 bits per heavy atom. The van der Waals surface area contributed by atoms with Crippen LogP contribution < -0.4 is 0 Å². The summed E-state index contributed by atoms with van der Waals surface area (Å²) in [4.78, 5) is 0. The van der Waals surface area contributed by atoms with Gasteiger partial charge in [-0.05, 0) is 94.9 Å². The van der Waals surface area contributed by atoms with Gasteiger partial charge < -0.3 is 14.9 Å². The molecular weight excluding hydrogens is 659 g/mol. The fraction of sp³-hybridized carbons (Fsp3) is 0.641. The number of hydrogen-bond acceptors (Lipinski definition) is 0. The Hall–Kier alpha value is 0.120. The van der Waals surface area contributed by atoms with Gasteiger partial charge in [0.15, 0.2) is 0 Å². The Bertz CT molecular complexity index is 1090. The first kappa shape index (κ1) is 37.6. The van der Waals surface area contributed by atoms with Crippen LogP contribution in [0.1, 0.15) is 102 Å². The molecule has 238 valence electrons. The van der Waals surface area contributed by atoms with Gasteiger partial charge in [0.2, 0.25) is 0 Å². The molecule has 0 spiro atoms. The summed E-state index contributed by atoms with van der Waals surface area (Å²) in [5.41, 5.74) is 6.74. The predicted octanol–water partition coefficient (Wildman–Crippen LogP) is 13.6. The molecule has 9 unspecified atom stereocenters. The van der Waals surface area contributed by atoms with E-state index in [1.54, 1.807) is 31.2 Å². The molecule has 0 nitrogen and oxygen atoms in total. The van der Waals surface area contributed by atoms with E-state index >= 15 is 0 Å². The SMILES string of the molecule is CCCC(C)C1CC([Si](C)(C)C2CCC3C(c4ccccc4-c4ccccc4)CCCC32)C2CCCCC12.[CH3-].[CH3-].[Cl][Zr+2][Cl]. The van der Waals surface area contributed by atoms with Gasteiger partial charge in [0.25, 0.3) is 0 Å².